The lowest BCUT2D eigenvalue weighted by atomic mass is 9.62. The fourth-order valence-electron chi connectivity index (χ4n) is 2.80. The Hall–Kier alpha value is -0.260. The fourth-order valence-corrected chi connectivity index (χ4v) is 2.80. The Morgan fingerprint density at radius 2 is 1.58 bits per heavy atom. The summed E-state index contributed by atoms with van der Waals surface area (Å²) >= 11 is 0. The van der Waals surface area contributed by atoms with Crippen LogP contribution in [0.15, 0.2) is 12.2 Å². The summed E-state index contributed by atoms with van der Waals surface area (Å²) < 4.78 is 0. The summed E-state index contributed by atoms with van der Waals surface area (Å²) in [6, 6.07) is 0. The molecule has 0 heteroatoms. The van der Waals surface area contributed by atoms with Crippen molar-refractivity contribution >= 4 is 0 Å². The Balaban J connectivity index is 2.94. The van der Waals surface area contributed by atoms with E-state index >= 15 is 0 Å². The second kappa shape index (κ2) is 2.90. The molecule has 1 aliphatic carbocycles. The minimum Gasteiger partial charge on any atom is -0.0996 e. The number of rotatable bonds is 1. The van der Waals surface area contributed by atoms with Crippen molar-refractivity contribution < 1.29 is 0 Å². The molecule has 0 N–H and O–H groups in total. The van der Waals surface area contributed by atoms with Gasteiger partial charge in [0.15, 0.2) is 0 Å². The van der Waals surface area contributed by atoms with Crippen LogP contribution in [0.4, 0.5) is 0 Å². The second-order valence-electron chi connectivity index (χ2n) is 5.32. The van der Waals surface area contributed by atoms with Gasteiger partial charge < -0.3 is 0 Å². The molecule has 0 saturated heterocycles. The first kappa shape index (κ1) is 9.83. The highest BCUT2D eigenvalue weighted by molar-refractivity contribution is 5.14. The number of allylic oxidation sites excluding steroid dienone is 1. The molecule has 0 amide bonds. The Bertz CT molecular complexity index is 175. The lowest BCUT2D eigenvalue weighted by molar-refractivity contribution is 0.138. The van der Waals surface area contributed by atoms with Gasteiger partial charge in [0, 0.05) is 0 Å². The van der Waals surface area contributed by atoms with Gasteiger partial charge in [-0.3, -0.25) is 0 Å². The number of hydrogen-bond acceptors (Lipinski definition) is 0. The van der Waals surface area contributed by atoms with E-state index in [0.717, 1.165) is 0 Å². The second-order valence-corrected chi connectivity index (χ2v) is 5.32. The van der Waals surface area contributed by atoms with Crippen molar-refractivity contribution in [2.45, 2.75) is 53.4 Å². The molecule has 1 aliphatic rings. The molecule has 12 heavy (non-hydrogen) atoms. The van der Waals surface area contributed by atoms with Crippen LogP contribution in [0.25, 0.3) is 0 Å². The average Bonchev–Trinajstić information content (AvgIpc) is 2.31. The summed E-state index contributed by atoms with van der Waals surface area (Å²) in [5.74, 6) is 0. The van der Waals surface area contributed by atoms with Crippen LogP contribution in [-0.2, 0) is 0 Å². The lowest BCUT2D eigenvalue weighted by Gasteiger charge is -2.43. The summed E-state index contributed by atoms with van der Waals surface area (Å²) in [6.45, 7) is 13.4. The highest BCUT2D eigenvalue weighted by Crippen LogP contribution is 2.55. The highest BCUT2D eigenvalue weighted by Gasteiger charge is 2.44. The van der Waals surface area contributed by atoms with E-state index in [4.69, 9.17) is 0 Å². The maximum atomic E-state index is 4.18. The van der Waals surface area contributed by atoms with Crippen molar-refractivity contribution in [3.8, 4) is 0 Å². The molecule has 0 radical (unpaired) electrons. The van der Waals surface area contributed by atoms with Crippen LogP contribution in [0.5, 0.6) is 0 Å². The molecular formula is C12H22. The normalized spacial score (nSPS) is 22.7. The summed E-state index contributed by atoms with van der Waals surface area (Å²) in [4.78, 5) is 0. The van der Waals surface area contributed by atoms with Crippen LogP contribution >= 0.6 is 0 Å². The van der Waals surface area contributed by atoms with Crippen molar-refractivity contribution in [2.75, 3.05) is 0 Å². The van der Waals surface area contributed by atoms with Gasteiger partial charge in [0.05, 0.1) is 0 Å². The molecule has 0 unspecified atom stereocenters. The van der Waals surface area contributed by atoms with Crippen molar-refractivity contribution in [3.05, 3.63) is 12.2 Å². The molecule has 70 valence electrons. The van der Waals surface area contributed by atoms with E-state index in [1.807, 2.05) is 0 Å². The van der Waals surface area contributed by atoms with E-state index in [1.165, 1.54) is 31.3 Å². The van der Waals surface area contributed by atoms with Crippen molar-refractivity contribution in [3.63, 3.8) is 0 Å². The third kappa shape index (κ3) is 1.32. The van der Waals surface area contributed by atoms with E-state index < -0.39 is 0 Å². The summed E-state index contributed by atoms with van der Waals surface area (Å²) in [5, 5.41) is 0. The lowest BCUT2D eigenvalue weighted by Crippen LogP contribution is -2.33. The zero-order valence-corrected chi connectivity index (χ0v) is 9.04. The molecule has 1 rings (SSSR count). The van der Waals surface area contributed by atoms with E-state index in [0.29, 0.717) is 10.8 Å². The summed E-state index contributed by atoms with van der Waals surface area (Å²) in [7, 11) is 0. The Labute approximate surface area is 77.1 Å². The first-order valence-electron chi connectivity index (χ1n) is 5.06. The maximum absolute atomic E-state index is 4.18. The van der Waals surface area contributed by atoms with Crippen LogP contribution in [0, 0.1) is 10.8 Å². The van der Waals surface area contributed by atoms with E-state index in [-0.39, 0.29) is 0 Å². The van der Waals surface area contributed by atoms with Crippen LogP contribution in [-0.4, -0.2) is 0 Å². The molecule has 0 aromatic heterocycles. The predicted octanol–water partition coefficient (Wildman–Crippen LogP) is 4.17. The monoisotopic (exact) mass is 166 g/mol. The van der Waals surface area contributed by atoms with Gasteiger partial charge in [0.2, 0.25) is 0 Å². The molecule has 0 spiro atoms. The molecule has 0 aliphatic heterocycles. The molecule has 1 saturated carbocycles. The third-order valence-electron chi connectivity index (χ3n) is 3.71. The summed E-state index contributed by atoms with van der Waals surface area (Å²) in [6.07, 6.45) is 5.49. The van der Waals surface area contributed by atoms with Gasteiger partial charge in [-0.2, -0.15) is 0 Å². The molecular weight excluding hydrogens is 144 g/mol. The van der Waals surface area contributed by atoms with Crippen molar-refractivity contribution in [1.82, 2.24) is 0 Å². The molecule has 1 fully saturated rings. The molecule has 0 nitrogen and oxygen atoms in total. The quantitative estimate of drug-likeness (QED) is 0.513. The molecule has 0 atom stereocenters. The minimum atomic E-state index is 0.398. The molecule has 0 aromatic carbocycles. The number of hydrogen-bond donors (Lipinski definition) is 0. The van der Waals surface area contributed by atoms with Gasteiger partial charge in [0.1, 0.15) is 0 Å². The zero-order chi connectivity index (χ0) is 9.41. The van der Waals surface area contributed by atoms with E-state index in [9.17, 15) is 0 Å². The van der Waals surface area contributed by atoms with Gasteiger partial charge in [-0.1, -0.05) is 45.8 Å². The van der Waals surface area contributed by atoms with Crippen LogP contribution in [0.3, 0.4) is 0 Å². The first-order valence-corrected chi connectivity index (χ1v) is 5.06. The Morgan fingerprint density at radius 3 is 1.75 bits per heavy atom. The van der Waals surface area contributed by atoms with Gasteiger partial charge in [0.25, 0.3) is 0 Å². The Morgan fingerprint density at radius 1 is 1.17 bits per heavy atom. The minimum absolute atomic E-state index is 0.398. The van der Waals surface area contributed by atoms with E-state index in [2.05, 4.69) is 34.3 Å². The SMILES string of the molecule is C=C(C)C1(C(C)(C)C)CCCC1. The van der Waals surface area contributed by atoms with Gasteiger partial charge in [-0.15, -0.1) is 0 Å². The van der Waals surface area contributed by atoms with E-state index in [1.54, 1.807) is 0 Å². The fraction of sp³-hybridized carbons (Fsp3) is 0.833. The van der Waals surface area contributed by atoms with Crippen LogP contribution < -0.4 is 0 Å². The van der Waals surface area contributed by atoms with Crippen molar-refractivity contribution in [1.29, 1.82) is 0 Å². The smallest absolute Gasteiger partial charge is 0.00451 e. The van der Waals surface area contributed by atoms with Gasteiger partial charge >= 0.3 is 0 Å². The standard InChI is InChI=1S/C12H22/c1-10(2)12(11(3,4)5)8-6-7-9-12/h1,6-9H2,2-5H3. The largest absolute Gasteiger partial charge is 0.0996 e. The van der Waals surface area contributed by atoms with Gasteiger partial charge in [-0.25, -0.2) is 0 Å². The zero-order valence-electron chi connectivity index (χ0n) is 9.04. The summed E-state index contributed by atoms with van der Waals surface area (Å²) in [5.41, 5.74) is 2.23. The van der Waals surface area contributed by atoms with Gasteiger partial charge in [-0.05, 0) is 30.6 Å². The Kier molecular flexibility index (Phi) is 2.38. The molecule has 0 bridgehead atoms. The third-order valence-corrected chi connectivity index (χ3v) is 3.71. The first-order chi connectivity index (χ1) is 5.40. The predicted molar refractivity (Wildman–Crippen MR) is 55.2 cm³/mol. The van der Waals surface area contributed by atoms with Crippen LogP contribution in [0.2, 0.25) is 0 Å². The molecule has 0 aromatic rings. The maximum Gasteiger partial charge on any atom is -0.00451 e. The highest BCUT2D eigenvalue weighted by atomic mass is 14.5. The topological polar surface area (TPSA) is 0 Å². The van der Waals surface area contributed by atoms with Crippen LogP contribution in [0.1, 0.15) is 53.4 Å². The van der Waals surface area contributed by atoms with Crippen molar-refractivity contribution in [2.24, 2.45) is 10.8 Å². The average molecular weight is 166 g/mol. The molecule has 0 heterocycles.